The van der Waals surface area contributed by atoms with Gasteiger partial charge in [0.25, 0.3) is 0 Å². The molecule has 0 N–H and O–H groups in total. The van der Waals surface area contributed by atoms with Crippen LogP contribution in [0.4, 0.5) is 0 Å². The van der Waals surface area contributed by atoms with E-state index in [0.29, 0.717) is 5.54 Å². The van der Waals surface area contributed by atoms with Crippen molar-refractivity contribution in [1.82, 2.24) is 0 Å². The minimum atomic E-state index is 0.623. The fraction of sp³-hybridized carbons (Fsp3) is 0.143. The van der Waals surface area contributed by atoms with Crippen LogP contribution < -0.4 is 0 Å². The third kappa shape index (κ3) is 3.51. The molecule has 0 unspecified atom stereocenters. The minimum Gasteiger partial charge on any atom is -0.130 e. The second-order valence-electron chi connectivity index (χ2n) is 3.54. The topological polar surface area (TPSA) is 0 Å². The molecule has 0 aromatic heterocycles. The zero-order valence-corrected chi connectivity index (χ0v) is 12.5. The summed E-state index contributed by atoms with van der Waals surface area (Å²) in [6.07, 6.45) is 1.47. The predicted octanol–water partition coefficient (Wildman–Crippen LogP) is 3.00. The van der Waals surface area contributed by atoms with E-state index < -0.39 is 0 Å². The first-order valence-electron chi connectivity index (χ1n) is 5.35. The number of hydrogen-bond donors (Lipinski definition) is 0. The Bertz CT molecular complexity index is 346. The van der Waals surface area contributed by atoms with Crippen LogP contribution >= 0.6 is 11.6 Å². The molecule has 2 aromatic carbocycles. The third-order valence-electron chi connectivity index (χ3n) is 2.60. The lowest BCUT2D eigenvalue weighted by molar-refractivity contribution is 1.14. The first-order valence-corrected chi connectivity index (χ1v) is 7.26. The van der Waals surface area contributed by atoms with Crippen molar-refractivity contribution >= 4 is 21.8 Å². The van der Waals surface area contributed by atoms with Gasteiger partial charge < -0.3 is 0 Å². The average Bonchev–Trinajstić information content (AvgIpc) is 2.42. The smallest absolute Gasteiger partial charge is 0.0178 e. The van der Waals surface area contributed by atoms with Gasteiger partial charge in [-0.3, -0.25) is 0 Å². The lowest BCUT2D eigenvalue weighted by Crippen LogP contribution is -1.99. The molecule has 16 heavy (non-hydrogen) atoms. The van der Waals surface area contributed by atoms with E-state index in [4.69, 9.17) is 0 Å². The van der Waals surface area contributed by atoms with Crippen LogP contribution in [0, 0.1) is 0 Å². The van der Waals surface area contributed by atoms with Crippen LogP contribution in [-0.4, -0.2) is 16.6 Å². The summed E-state index contributed by atoms with van der Waals surface area (Å²) in [5, 5.41) is 0. The molecule has 0 bridgehead atoms. The van der Waals surface area contributed by atoms with E-state index in [1.165, 1.54) is 17.5 Å². The first kappa shape index (κ1) is 13.0. The second kappa shape index (κ2) is 7.26. The predicted molar refractivity (Wildman–Crippen MR) is 76.4 cm³/mol. The van der Waals surface area contributed by atoms with Crippen LogP contribution in [0.5, 0.6) is 0 Å². The summed E-state index contributed by atoms with van der Waals surface area (Å²) >= 11 is 4.64. The maximum absolute atomic E-state index is 4.64. The molecule has 2 heteroatoms. The Kier molecular flexibility index (Phi) is 5.90. The first-order chi connectivity index (χ1) is 7.88. The lowest BCUT2D eigenvalue weighted by atomic mass is 10.0. The summed E-state index contributed by atoms with van der Waals surface area (Å²) in [4.78, 5) is 0. The molecule has 84 valence electrons. The third-order valence-corrected chi connectivity index (χ3v) is 3.93. The zero-order chi connectivity index (χ0) is 11.8. The van der Waals surface area contributed by atoms with Crippen molar-refractivity contribution in [2.24, 2.45) is 0 Å². The van der Waals surface area contributed by atoms with Gasteiger partial charge in [-0.15, -0.1) is 11.6 Å². The maximum atomic E-state index is 4.64. The van der Waals surface area contributed by atoms with Gasteiger partial charge in [-0.05, 0) is 16.7 Å². The van der Waals surface area contributed by atoms with E-state index in [9.17, 15) is 0 Å². The van der Waals surface area contributed by atoms with Crippen LogP contribution in [0.1, 0.15) is 16.7 Å². The van der Waals surface area contributed by atoms with Crippen LogP contribution in [-0.2, 0) is 0 Å². The van der Waals surface area contributed by atoms with Gasteiger partial charge in [-0.2, -0.15) is 0 Å². The normalized spacial score (nSPS) is 9.69. The molecule has 0 saturated carbocycles. The molecule has 2 aromatic rings. The zero-order valence-electron chi connectivity index (χ0n) is 9.73. The number of benzene rings is 2. The van der Waals surface area contributed by atoms with Gasteiger partial charge in [0.2, 0.25) is 0 Å². The van der Waals surface area contributed by atoms with E-state index in [1.54, 1.807) is 0 Å². The fourth-order valence-corrected chi connectivity index (χ4v) is 2.45. The molecule has 0 radical (unpaired) electrons. The van der Waals surface area contributed by atoms with E-state index in [-0.39, 0.29) is 0 Å². The summed E-state index contributed by atoms with van der Waals surface area (Å²) in [5.41, 5.74) is 3.49. The second-order valence-corrected chi connectivity index (χ2v) is 4.70. The number of rotatable bonds is 2. The minimum absolute atomic E-state index is 0.623. The van der Waals surface area contributed by atoms with Crippen LogP contribution in [0.3, 0.4) is 0 Å². The SMILES string of the molecule is CCl.[SiH3]C(c1ccccc1)c1ccccc1. The van der Waals surface area contributed by atoms with Crippen molar-refractivity contribution in [3.63, 3.8) is 0 Å². The Balaban J connectivity index is 0.000000606. The highest BCUT2D eigenvalue weighted by atomic mass is 35.5. The molecule has 0 fully saturated rings. The fourth-order valence-electron chi connectivity index (χ4n) is 1.68. The molecule has 0 saturated heterocycles. The molecule has 0 amide bonds. The van der Waals surface area contributed by atoms with Gasteiger partial charge in [0.05, 0.1) is 0 Å². The van der Waals surface area contributed by atoms with E-state index in [2.05, 4.69) is 72.3 Å². The molecule has 0 spiro atoms. The molecule has 0 aliphatic heterocycles. The van der Waals surface area contributed by atoms with Gasteiger partial charge in [-0.1, -0.05) is 60.7 Å². The van der Waals surface area contributed by atoms with Crippen molar-refractivity contribution in [2.45, 2.75) is 5.54 Å². The molecular formula is C14H17ClSi. The number of halogens is 1. The van der Waals surface area contributed by atoms with Crippen molar-refractivity contribution < 1.29 is 0 Å². The van der Waals surface area contributed by atoms with Gasteiger partial charge in [0.1, 0.15) is 0 Å². The van der Waals surface area contributed by atoms with Crippen molar-refractivity contribution in [3.05, 3.63) is 71.8 Å². The average molecular weight is 249 g/mol. The Morgan fingerprint density at radius 3 is 1.38 bits per heavy atom. The Morgan fingerprint density at radius 1 is 0.750 bits per heavy atom. The lowest BCUT2D eigenvalue weighted by Gasteiger charge is -2.11. The standard InChI is InChI=1S/C13H14Si.CH3Cl/c14-13(11-7-3-1-4-8-11)12-9-5-2-6-10-12;1-2/h1-10,13H,14H3;1H3. The highest BCUT2D eigenvalue weighted by Crippen LogP contribution is 2.20. The van der Waals surface area contributed by atoms with E-state index in [1.807, 2.05) is 0 Å². The molecular weight excluding hydrogens is 232 g/mol. The summed E-state index contributed by atoms with van der Waals surface area (Å²) in [5.74, 6) is 0. The van der Waals surface area contributed by atoms with Gasteiger partial charge in [-0.25, -0.2) is 0 Å². The summed E-state index contributed by atoms with van der Waals surface area (Å²) in [7, 11) is 1.16. The van der Waals surface area contributed by atoms with E-state index in [0.717, 1.165) is 10.2 Å². The monoisotopic (exact) mass is 248 g/mol. The highest BCUT2D eigenvalue weighted by Gasteiger charge is 2.05. The Hall–Kier alpha value is -1.05. The Labute approximate surface area is 106 Å². The molecule has 0 heterocycles. The van der Waals surface area contributed by atoms with Gasteiger partial charge in [0.15, 0.2) is 0 Å². The molecule has 0 aliphatic rings. The molecule has 2 rings (SSSR count). The number of alkyl halides is 1. The van der Waals surface area contributed by atoms with Crippen LogP contribution in [0.25, 0.3) is 0 Å². The largest absolute Gasteiger partial charge is 0.130 e. The summed E-state index contributed by atoms with van der Waals surface area (Å²) in [6, 6.07) is 21.5. The van der Waals surface area contributed by atoms with Crippen LogP contribution in [0.2, 0.25) is 0 Å². The number of hydrogen-bond acceptors (Lipinski definition) is 0. The summed E-state index contributed by atoms with van der Waals surface area (Å²) < 4.78 is 0. The van der Waals surface area contributed by atoms with Crippen molar-refractivity contribution in [3.8, 4) is 0 Å². The maximum Gasteiger partial charge on any atom is 0.0178 e. The van der Waals surface area contributed by atoms with Crippen molar-refractivity contribution in [2.75, 3.05) is 6.38 Å². The quantitative estimate of drug-likeness (QED) is 0.566. The molecule has 0 aliphatic carbocycles. The van der Waals surface area contributed by atoms with E-state index >= 15 is 0 Å². The van der Waals surface area contributed by atoms with Crippen molar-refractivity contribution in [1.29, 1.82) is 0 Å². The molecule has 0 nitrogen and oxygen atoms in total. The van der Waals surface area contributed by atoms with Gasteiger partial charge >= 0.3 is 0 Å². The highest BCUT2D eigenvalue weighted by molar-refractivity contribution is 6.15. The summed E-state index contributed by atoms with van der Waals surface area (Å²) in [6.45, 7) is 0. The van der Waals surface area contributed by atoms with Gasteiger partial charge in [0, 0.05) is 16.6 Å². The van der Waals surface area contributed by atoms with Crippen LogP contribution in [0.15, 0.2) is 60.7 Å². The Morgan fingerprint density at radius 2 is 1.06 bits per heavy atom. The molecule has 0 atom stereocenters.